The third-order valence-electron chi connectivity index (χ3n) is 5.93. The molecular formula is C24H27ClN4O2. The molecule has 1 saturated heterocycles. The van der Waals surface area contributed by atoms with E-state index < -0.39 is 0 Å². The molecule has 1 fully saturated rings. The van der Waals surface area contributed by atoms with Gasteiger partial charge in [-0.1, -0.05) is 35.9 Å². The molecule has 0 bridgehead atoms. The second-order valence-electron chi connectivity index (χ2n) is 8.23. The quantitative estimate of drug-likeness (QED) is 0.640. The van der Waals surface area contributed by atoms with Gasteiger partial charge in [0.2, 0.25) is 5.91 Å². The van der Waals surface area contributed by atoms with E-state index in [1.54, 1.807) is 6.92 Å². The Morgan fingerprint density at radius 1 is 1.13 bits per heavy atom. The monoisotopic (exact) mass is 438 g/mol. The maximum atomic E-state index is 12.6. The predicted octanol–water partition coefficient (Wildman–Crippen LogP) is 3.39. The highest BCUT2D eigenvalue weighted by Crippen LogP contribution is 2.19. The van der Waals surface area contributed by atoms with E-state index in [1.165, 1.54) is 10.1 Å². The van der Waals surface area contributed by atoms with E-state index in [1.807, 2.05) is 36.4 Å². The van der Waals surface area contributed by atoms with Crippen LogP contribution in [0.1, 0.15) is 24.1 Å². The fourth-order valence-electron chi connectivity index (χ4n) is 4.13. The number of benzene rings is 2. The fourth-order valence-corrected chi connectivity index (χ4v) is 4.26. The van der Waals surface area contributed by atoms with Crippen LogP contribution >= 0.6 is 11.6 Å². The Labute approximate surface area is 186 Å². The molecule has 0 unspecified atom stereocenters. The molecule has 0 saturated carbocycles. The molecule has 3 aromatic rings. The number of piperidine rings is 1. The van der Waals surface area contributed by atoms with Gasteiger partial charge in [0, 0.05) is 18.1 Å². The number of hydrogen-bond donors (Lipinski definition) is 1. The first-order chi connectivity index (χ1) is 15.0. The Morgan fingerprint density at radius 2 is 1.84 bits per heavy atom. The van der Waals surface area contributed by atoms with Crippen molar-refractivity contribution in [3.63, 3.8) is 0 Å². The zero-order valence-electron chi connectivity index (χ0n) is 17.7. The normalized spacial score (nSPS) is 15.3. The topological polar surface area (TPSA) is 67.2 Å². The summed E-state index contributed by atoms with van der Waals surface area (Å²) < 4.78 is 1.52. The average Bonchev–Trinajstić information content (AvgIpc) is 2.78. The van der Waals surface area contributed by atoms with E-state index in [2.05, 4.69) is 27.3 Å². The number of fused-ring (bicyclic) bond motifs is 1. The summed E-state index contributed by atoms with van der Waals surface area (Å²) in [6.45, 7) is 5.28. The van der Waals surface area contributed by atoms with E-state index >= 15 is 0 Å². The van der Waals surface area contributed by atoms with Gasteiger partial charge in [0.15, 0.2) is 0 Å². The molecule has 0 atom stereocenters. The number of halogens is 1. The molecule has 0 radical (unpaired) electrons. The Hall–Kier alpha value is -2.70. The minimum absolute atomic E-state index is 0.0120. The van der Waals surface area contributed by atoms with Gasteiger partial charge in [0.25, 0.3) is 5.56 Å². The summed E-state index contributed by atoms with van der Waals surface area (Å²) in [7, 11) is 0. The number of carbonyl (C=O) groups excluding carboxylic acids is 1. The standard InChI is InChI=1S/C24H27ClN4O2/c1-17-24(31)29(22-5-3-2-4-21(22)27-17)16-23(30)26-14-18-10-12-28(13-11-18)15-19-6-8-20(25)9-7-19/h2-9,18H,10-16H2,1H3,(H,26,30). The highest BCUT2D eigenvalue weighted by molar-refractivity contribution is 6.30. The van der Waals surface area contributed by atoms with E-state index in [4.69, 9.17) is 11.6 Å². The van der Waals surface area contributed by atoms with Crippen LogP contribution in [0.5, 0.6) is 0 Å². The summed E-state index contributed by atoms with van der Waals surface area (Å²) in [6.07, 6.45) is 2.09. The first-order valence-electron chi connectivity index (χ1n) is 10.7. The Morgan fingerprint density at radius 3 is 2.58 bits per heavy atom. The van der Waals surface area contributed by atoms with Crippen LogP contribution in [0.25, 0.3) is 11.0 Å². The molecule has 4 rings (SSSR count). The van der Waals surface area contributed by atoms with E-state index in [9.17, 15) is 9.59 Å². The number of likely N-dealkylation sites (tertiary alicyclic amines) is 1. The molecule has 1 amide bonds. The van der Waals surface area contributed by atoms with Crippen LogP contribution in [0.15, 0.2) is 53.3 Å². The fraction of sp³-hybridized carbons (Fsp3) is 0.375. The maximum Gasteiger partial charge on any atom is 0.272 e. The van der Waals surface area contributed by atoms with E-state index in [0.717, 1.165) is 43.0 Å². The number of nitrogens with zero attached hydrogens (tertiary/aromatic N) is 3. The second-order valence-corrected chi connectivity index (χ2v) is 8.66. The third-order valence-corrected chi connectivity index (χ3v) is 6.18. The summed E-state index contributed by atoms with van der Waals surface area (Å²) in [5, 5.41) is 3.79. The van der Waals surface area contributed by atoms with Crippen molar-refractivity contribution in [1.29, 1.82) is 0 Å². The lowest BCUT2D eigenvalue weighted by atomic mass is 9.96. The third kappa shape index (κ3) is 5.32. The van der Waals surface area contributed by atoms with Crippen molar-refractivity contribution in [2.45, 2.75) is 32.9 Å². The van der Waals surface area contributed by atoms with Crippen molar-refractivity contribution in [3.8, 4) is 0 Å². The van der Waals surface area contributed by atoms with Crippen molar-refractivity contribution in [1.82, 2.24) is 19.8 Å². The van der Waals surface area contributed by atoms with Crippen molar-refractivity contribution < 1.29 is 4.79 Å². The molecule has 0 spiro atoms. The first-order valence-corrected chi connectivity index (χ1v) is 11.1. The van der Waals surface area contributed by atoms with Crippen molar-refractivity contribution >= 4 is 28.5 Å². The van der Waals surface area contributed by atoms with Crippen LogP contribution in [0.4, 0.5) is 0 Å². The number of rotatable bonds is 6. The molecule has 162 valence electrons. The molecule has 31 heavy (non-hydrogen) atoms. The van der Waals surface area contributed by atoms with Gasteiger partial charge in [0.1, 0.15) is 12.2 Å². The van der Waals surface area contributed by atoms with Crippen LogP contribution in [0, 0.1) is 12.8 Å². The lowest BCUT2D eigenvalue weighted by molar-refractivity contribution is -0.121. The molecule has 1 aromatic heterocycles. The Bertz CT molecular complexity index is 1120. The van der Waals surface area contributed by atoms with Crippen LogP contribution in [0.3, 0.4) is 0 Å². The van der Waals surface area contributed by atoms with Gasteiger partial charge < -0.3 is 5.32 Å². The molecule has 6 nitrogen and oxygen atoms in total. The van der Waals surface area contributed by atoms with E-state index in [-0.39, 0.29) is 18.0 Å². The van der Waals surface area contributed by atoms with Gasteiger partial charge in [-0.3, -0.25) is 19.1 Å². The molecule has 1 N–H and O–H groups in total. The van der Waals surface area contributed by atoms with Gasteiger partial charge in [-0.05, 0) is 68.6 Å². The number of para-hydroxylation sites is 2. The van der Waals surface area contributed by atoms with Gasteiger partial charge in [-0.25, -0.2) is 4.98 Å². The summed E-state index contributed by atoms with van der Waals surface area (Å²) in [4.78, 5) is 31.9. The summed E-state index contributed by atoms with van der Waals surface area (Å²) in [6, 6.07) is 15.4. The minimum Gasteiger partial charge on any atom is -0.354 e. The summed E-state index contributed by atoms with van der Waals surface area (Å²) in [5.74, 6) is 0.319. The molecule has 7 heteroatoms. The lowest BCUT2D eigenvalue weighted by Crippen LogP contribution is -2.40. The first kappa shape index (κ1) is 21.5. The number of carbonyl (C=O) groups is 1. The molecule has 1 aliphatic rings. The van der Waals surface area contributed by atoms with Crippen molar-refractivity contribution in [2.75, 3.05) is 19.6 Å². The lowest BCUT2D eigenvalue weighted by Gasteiger charge is -2.32. The minimum atomic E-state index is -0.218. The number of aryl methyl sites for hydroxylation is 1. The maximum absolute atomic E-state index is 12.6. The SMILES string of the molecule is Cc1nc2ccccc2n(CC(=O)NCC2CCN(Cc3ccc(Cl)cc3)CC2)c1=O. The summed E-state index contributed by atoms with van der Waals surface area (Å²) >= 11 is 5.96. The zero-order valence-corrected chi connectivity index (χ0v) is 18.4. The molecule has 2 heterocycles. The number of hydrogen-bond acceptors (Lipinski definition) is 4. The van der Waals surface area contributed by atoms with Gasteiger partial charge >= 0.3 is 0 Å². The molecule has 2 aromatic carbocycles. The van der Waals surface area contributed by atoms with Crippen LogP contribution < -0.4 is 10.9 Å². The van der Waals surface area contributed by atoms with Crippen LogP contribution in [0.2, 0.25) is 5.02 Å². The van der Waals surface area contributed by atoms with Crippen molar-refractivity contribution in [3.05, 3.63) is 75.2 Å². The number of aromatic nitrogens is 2. The highest BCUT2D eigenvalue weighted by atomic mass is 35.5. The van der Waals surface area contributed by atoms with Gasteiger partial charge in [-0.2, -0.15) is 0 Å². The smallest absolute Gasteiger partial charge is 0.272 e. The Kier molecular flexibility index (Phi) is 6.68. The number of amides is 1. The molecular weight excluding hydrogens is 412 g/mol. The molecule has 0 aliphatic carbocycles. The van der Waals surface area contributed by atoms with Gasteiger partial charge in [-0.15, -0.1) is 0 Å². The number of nitrogens with one attached hydrogen (secondary N) is 1. The predicted molar refractivity (Wildman–Crippen MR) is 123 cm³/mol. The second kappa shape index (κ2) is 9.62. The van der Waals surface area contributed by atoms with Crippen molar-refractivity contribution in [2.24, 2.45) is 5.92 Å². The zero-order chi connectivity index (χ0) is 21.8. The van der Waals surface area contributed by atoms with Crippen LogP contribution in [-0.4, -0.2) is 40.0 Å². The van der Waals surface area contributed by atoms with Crippen LogP contribution in [-0.2, 0) is 17.9 Å². The van der Waals surface area contributed by atoms with E-state index in [0.29, 0.717) is 23.7 Å². The largest absolute Gasteiger partial charge is 0.354 e. The summed E-state index contributed by atoms with van der Waals surface area (Å²) in [5.41, 5.74) is 2.86. The van der Waals surface area contributed by atoms with Gasteiger partial charge in [0.05, 0.1) is 11.0 Å². The Balaban J connectivity index is 1.28. The molecule has 1 aliphatic heterocycles. The average molecular weight is 439 g/mol. The highest BCUT2D eigenvalue weighted by Gasteiger charge is 2.20.